The predicted molar refractivity (Wildman–Crippen MR) is 134 cm³/mol. The summed E-state index contributed by atoms with van der Waals surface area (Å²) in [5.74, 6) is -1.18. The van der Waals surface area contributed by atoms with Gasteiger partial charge in [0.05, 0.1) is 30.2 Å². The Morgan fingerprint density at radius 2 is 1.39 bits per heavy atom. The molecule has 3 amide bonds. The van der Waals surface area contributed by atoms with E-state index in [0.29, 0.717) is 37.6 Å². The highest BCUT2D eigenvalue weighted by Crippen LogP contribution is 2.67. The molecule has 0 spiro atoms. The topological polar surface area (TPSA) is 66.9 Å². The Morgan fingerprint density at radius 3 is 1.97 bits per heavy atom. The number of imide groups is 1. The molecule has 8 rings (SSSR count). The Hall–Kier alpha value is -3.77. The third-order valence-corrected chi connectivity index (χ3v) is 8.68. The van der Waals surface area contributed by atoms with Gasteiger partial charge in [-0.15, -0.1) is 0 Å². The number of carbonyl (C=O) groups excluding carboxylic acids is 3. The second kappa shape index (κ2) is 7.61. The first-order chi connectivity index (χ1) is 17.5. The molecule has 0 saturated carbocycles. The van der Waals surface area contributed by atoms with Crippen LogP contribution in [0.2, 0.25) is 0 Å². The molecule has 2 atom stereocenters. The van der Waals surface area contributed by atoms with Crippen LogP contribution < -0.4 is 4.90 Å². The van der Waals surface area contributed by atoms with Gasteiger partial charge in [-0.25, -0.2) is 4.90 Å². The molecule has 2 saturated heterocycles. The number of anilines is 1. The molecule has 0 N–H and O–H groups in total. The molecule has 6 nitrogen and oxygen atoms in total. The number of benzene rings is 3. The lowest BCUT2D eigenvalue weighted by atomic mass is 9.48. The standard InChI is InChI=1S/C30H26N2O4/c1-30-25-22-8-4-2-6-20(22)24(21-7-3-5-9-23(21)25)26(30)28(34)32(29(30)35)19-12-10-18(11-13-19)27(33)31-14-16-36-17-15-31/h2-13,24-26H,14-17H2,1H3/t24?,25?,26-,30+/m1/s1. The number of hydrogen-bond acceptors (Lipinski definition) is 4. The van der Waals surface area contributed by atoms with E-state index in [1.165, 1.54) is 4.90 Å². The first kappa shape index (κ1) is 21.5. The van der Waals surface area contributed by atoms with Gasteiger partial charge < -0.3 is 9.64 Å². The summed E-state index contributed by atoms with van der Waals surface area (Å²) in [6, 6.07) is 23.4. The molecule has 2 fully saturated rings. The van der Waals surface area contributed by atoms with Gasteiger partial charge in [0.15, 0.2) is 0 Å². The van der Waals surface area contributed by atoms with Gasteiger partial charge in [-0.2, -0.15) is 0 Å². The van der Waals surface area contributed by atoms with Crippen LogP contribution in [0.3, 0.4) is 0 Å². The van der Waals surface area contributed by atoms with Crippen molar-refractivity contribution in [2.75, 3.05) is 31.2 Å². The van der Waals surface area contributed by atoms with E-state index in [1.54, 1.807) is 29.2 Å². The number of hydrogen-bond donors (Lipinski definition) is 0. The minimum Gasteiger partial charge on any atom is -0.378 e. The summed E-state index contributed by atoms with van der Waals surface area (Å²) in [6.07, 6.45) is 0. The molecule has 0 radical (unpaired) electrons. The van der Waals surface area contributed by atoms with Gasteiger partial charge in [0.2, 0.25) is 11.8 Å². The molecule has 3 aromatic carbocycles. The van der Waals surface area contributed by atoms with Crippen molar-refractivity contribution in [1.82, 2.24) is 4.90 Å². The molecule has 3 aliphatic carbocycles. The maximum atomic E-state index is 14.2. The molecular weight excluding hydrogens is 452 g/mol. The van der Waals surface area contributed by atoms with Crippen molar-refractivity contribution < 1.29 is 19.1 Å². The van der Waals surface area contributed by atoms with E-state index in [0.717, 1.165) is 22.3 Å². The van der Waals surface area contributed by atoms with Crippen molar-refractivity contribution in [1.29, 1.82) is 0 Å². The van der Waals surface area contributed by atoms with Crippen LogP contribution in [0.25, 0.3) is 0 Å². The second-order valence-corrected chi connectivity index (χ2v) is 10.4. The zero-order valence-corrected chi connectivity index (χ0v) is 20.0. The summed E-state index contributed by atoms with van der Waals surface area (Å²) in [6.45, 7) is 4.17. The molecule has 0 aromatic heterocycles. The molecule has 5 aliphatic rings. The second-order valence-electron chi connectivity index (χ2n) is 10.4. The van der Waals surface area contributed by atoms with E-state index in [-0.39, 0.29) is 29.6 Å². The smallest absolute Gasteiger partial charge is 0.254 e. The third kappa shape index (κ3) is 2.68. The van der Waals surface area contributed by atoms with Crippen LogP contribution in [-0.2, 0) is 14.3 Å². The SMILES string of the molecule is C[C@@]12C(=O)N(c3ccc(C(=O)N4CCOCC4)cc3)C(=O)[C@H]1C1c3ccccc3C2c2ccccc21. The monoisotopic (exact) mass is 478 g/mol. The number of amides is 3. The summed E-state index contributed by atoms with van der Waals surface area (Å²) in [4.78, 5) is 44.2. The summed E-state index contributed by atoms with van der Waals surface area (Å²) >= 11 is 0. The molecule has 2 bridgehead atoms. The quantitative estimate of drug-likeness (QED) is 0.524. The summed E-state index contributed by atoms with van der Waals surface area (Å²) in [5, 5.41) is 0. The molecule has 6 heteroatoms. The van der Waals surface area contributed by atoms with Crippen molar-refractivity contribution in [2.45, 2.75) is 18.8 Å². The first-order valence-electron chi connectivity index (χ1n) is 12.5. The van der Waals surface area contributed by atoms with Gasteiger partial charge in [-0.1, -0.05) is 48.5 Å². The molecule has 3 aromatic rings. The molecule has 2 aliphatic heterocycles. The summed E-state index contributed by atoms with van der Waals surface area (Å²) in [5.41, 5.74) is 4.79. The zero-order valence-electron chi connectivity index (χ0n) is 20.0. The molecule has 0 unspecified atom stereocenters. The van der Waals surface area contributed by atoms with E-state index >= 15 is 0 Å². The lowest BCUT2D eigenvalue weighted by Gasteiger charge is -2.51. The van der Waals surface area contributed by atoms with Gasteiger partial charge in [-0.05, 0) is 53.4 Å². The fraction of sp³-hybridized carbons (Fsp3) is 0.300. The van der Waals surface area contributed by atoms with Crippen LogP contribution in [-0.4, -0.2) is 48.9 Å². The van der Waals surface area contributed by atoms with Crippen LogP contribution in [0.5, 0.6) is 0 Å². The Labute approximate surface area is 209 Å². The van der Waals surface area contributed by atoms with Crippen molar-refractivity contribution in [2.24, 2.45) is 11.3 Å². The van der Waals surface area contributed by atoms with Crippen molar-refractivity contribution >= 4 is 23.4 Å². The van der Waals surface area contributed by atoms with E-state index in [2.05, 4.69) is 24.3 Å². The van der Waals surface area contributed by atoms with Gasteiger partial charge in [0.1, 0.15) is 0 Å². The van der Waals surface area contributed by atoms with Crippen molar-refractivity contribution in [3.8, 4) is 0 Å². The van der Waals surface area contributed by atoms with Crippen molar-refractivity contribution in [3.63, 3.8) is 0 Å². The number of carbonyl (C=O) groups is 3. The Balaban J connectivity index is 1.29. The normalized spacial score (nSPS) is 28.1. The highest BCUT2D eigenvalue weighted by Gasteiger charge is 2.68. The summed E-state index contributed by atoms with van der Waals surface area (Å²) in [7, 11) is 0. The number of ether oxygens (including phenoxy) is 1. The maximum Gasteiger partial charge on any atom is 0.254 e. The Kier molecular flexibility index (Phi) is 4.55. The molecule has 36 heavy (non-hydrogen) atoms. The minimum atomic E-state index is -0.868. The average Bonchev–Trinajstić information content (AvgIpc) is 3.14. The van der Waals surface area contributed by atoms with Crippen LogP contribution in [0.15, 0.2) is 72.8 Å². The average molecular weight is 479 g/mol. The third-order valence-electron chi connectivity index (χ3n) is 8.68. The van der Waals surface area contributed by atoms with Crippen LogP contribution >= 0.6 is 0 Å². The first-order valence-corrected chi connectivity index (χ1v) is 12.5. The maximum absolute atomic E-state index is 14.2. The van der Waals surface area contributed by atoms with E-state index in [4.69, 9.17) is 4.74 Å². The van der Waals surface area contributed by atoms with E-state index in [1.807, 2.05) is 31.2 Å². The largest absolute Gasteiger partial charge is 0.378 e. The lowest BCUT2D eigenvalue weighted by Crippen LogP contribution is -2.49. The highest BCUT2D eigenvalue weighted by atomic mass is 16.5. The molecular formula is C30H26N2O4. The minimum absolute atomic E-state index is 0.0616. The number of rotatable bonds is 2. The molecule has 2 heterocycles. The molecule has 180 valence electrons. The fourth-order valence-electron chi connectivity index (χ4n) is 7.06. The van der Waals surface area contributed by atoms with Gasteiger partial charge >= 0.3 is 0 Å². The summed E-state index contributed by atoms with van der Waals surface area (Å²) < 4.78 is 5.35. The van der Waals surface area contributed by atoms with Gasteiger partial charge in [0.25, 0.3) is 5.91 Å². The zero-order chi connectivity index (χ0) is 24.6. The van der Waals surface area contributed by atoms with Crippen LogP contribution in [0.1, 0.15) is 51.4 Å². The van der Waals surface area contributed by atoms with Gasteiger partial charge in [0, 0.05) is 30.5 Å². The Morgan fingerprint density at radius 1 is 0.833 bits per heavy atom. The van der Waals surface area contributed by atoms with E-state index < -0.39 is 11.3 Å². The predicted octanol–water partition coefficient (Wildman–Crippen LogP) is 3.95. The van der Waals surface area contributed by atoms with Crippen LogP contribution in [0, 0.1) is 11.3 Å². The van der Waals surface area contributed by atoms with Crippen LogP contribution in [0.4, 0.5) is 5.69 Å². The highest BCUT2D eigenvalue weighted by molar-refractivity contribution is 6.25. The van der Waals surface area contributed by atoms with Crippen molar-refractivity contribution in [3.05, 3.63) is 101 Å². The van der Waals surface area contributed by atoms with Gasteiger partial charge in [-0.3, -0.25) is 14.4 Å². The van der Waals surface area contributed by atoms with E-state index in [9.17, 15) is 14.4 Å². The fourth-order valence-corrected chi connectivity index (χ4v) is 7.06. The number of nitrogens with zero attached hydrogens (tertiary/aromatic N) is 2. The number of morpholine rings is 1. The lowest BCUT2D eigenvalue weighted by molar-refractivity contribution is -0.128. The Bertz CT molecular complexity index is 1380.